The number of carbonyl (C=O) groups excluding carboxylic acids is 4. The van der Waals surface area contributed by atoms with Crippen molar-refractivity contribution in [1.29, 1.82) is 0 Å². The summed E-state index contributed by atoms with van der Waals surface area (Å²) in [5.74, 6) is -2.75. The van der Waals surface area contributed by atoms with Crippen molar-refractivity contribution in [2.24, 2.45) is 11.8 Å². The molecule has 10 heteroatoms. The van der Waals surface area contributed by atoms with E-state index in [9.17, 15) is 19.2 Å². The monoisotopic (exact) mass is 566 g/mol. The molecule has 178 valence electrons. The highest BCUT2D eigenvalue weighted by atomic mass is 79.9. The Morgan fingerprint density at radius 2 is 1.62 bits per heavy atom. The van der Waals surface area contributed by atoms with Crippen molar-refractivity contribution in [1.82, 2.24) is 0 Å². The average Bonchev–Trinajstić information content (AvgIpc) is 3.04. The van der Waals surface area contributed by atoms with Crippen LogP contribution in [0.5, 0.6) is 0 Å². The maximum atomic E-state index is 12.9. The highest BCUT2D eigenvalue weighted by Crippen LogP contribution is 2.43. The van der Waals surface area contributed by atoms with E-state index in [1.54, 1.807) is 12.1 Å². The van der Waals surface area contributed by atoms with E-state index in [0.29, 0.717) is 24.2 Å². The van der Waals surface area contributed by atoms with Crippen LogP contribution in [0.1, 0.15) is 28.8 Å². The number of esters is 1. The average molecular weight is 568 g/mol. The van der Waals surface area contributed by atoms with E-state index < -0.39 is 30.3 Å². The van der Waals surface area contributed by atoms with E-state index in [-0.39, 0.29) is 28.1 Å². The quantitative estimate of drug-likeness (QED) is 0.322. The Morgan fingerprint density at radius 1 is 1.03 bits per heavy atom. The lowest BCUT2D eigenvalue weighted by atomic mass is 9.80. The van der Waals surface area contributed by atoms with E-state index in [2.05, 4.69) is 21.2 Å². The number of nitrogens with one attached hydrogen (secondary N) is 1. The van der Waals surface area contributed by atoms with E-state index in [0.717, 1.165) is 14.9 Å². The summed E-state index contributed by atoms with van der Waals surface area (Å²) in [5.41, 5.74) is 2.09. The molecule has 0 unspecified atom stereocenters. The minimum atomic E-state index is -0.698. The first-order chi connectivity index (χ1) is 16.2. The summed E-state index contributed by atoms with van der Waals surface area (Å²) < 4.78 is 6.01. The Balaban J connectivity index is 1.36. The lowest BCUT2D eigenvalue weighted by Crippen LogP contribution is -2.34. The standard InChI is InChI=1S/C24H21BrCl2N2O5/c1-12-8-14(4-7-18(12)25)28-21(30)11-34-24(33)13-2-5-15(6-3-13)29-22(31)16-9-19(26)20(27)10-17(16)23(29)32/h2-8,16-17,19-20H,9-11H2,1H3,(H,28,30)/t16-,17-,19+,20+/m1/s1. The van der Waals surface area contributed by atoms with Gasteiger partial charge in [-0.05, 0) is 67.8 Å². The molecule has 2 aromatic carbocycles. The number of carbonyl (C=O) groups is 4. The molecule has 1 N–H and O–H groups in total. The van der Waals surface area contributed by atoms with Gasteiger partial charge in [0.1, 0.15) is 0 Å². The molecular weight excluding hydrogens is 547 g/mol. The van der Waals surface area contributed by atoms with Crippen molar-refractivity contribution < 1.29 is 23.9 Å². The molecule has 0 aromatic heterocycles. The number of halogens is 3. The summed E-state index contributed by atoms with van der Waals surface area (Å²) in [6.45, 7) is 1.44. The van der Waals surface area contributed by atoms with Gasteiger partial charge in [-0.1, -0.05) is 15.9 Å². The number of fused-ring (bicyclic) bond motifs is 1. The van der Waals surface area contributed by atoms with Gasteiger partial charge < -0.3 is 10.1 Å². The predicted molar refractivity (Wildman–Crippen MR) is 132 cm³/mol. The zero-order chi connectivity index (χ0) is 24.6. The highest BCUT2D eigenvalue weighted by molar-refractivity contribution is 9.10. The zero-order valence-corrected chi connectivity index (χ0v) is 21.2. The number of nitrogens with zero attached hydrogens (tertiary/aromatic N) is 1. The molecule has 0 radical (unpaired) electrons. The van der Waals surface area contributed by atoms with Crippen molar-refractivity contribution in [3.05, 3.63) is 58.1 Å². The summed E-state index contributed by atoms with van der Waals surface area (Å²) in [4.78, 5) is 51.3. The van der Waals surface area contributed by atoms with E-state index >= 15 is 0 Å². The molecule has 1 saturated heterocycles. The first kappa shape index (κ1) is 24.7. The van der Waals surface area contributed by atoms with Crippen molar-refractivity contribution in [2.45, 2.75) is 30.5 Å². The summed E-state index contributed by atoms with van der Waals surface area (Å²) >= 11 is 15.8. The molecule has 0 spiro atoms. The molecule has 2 aliphatic rings. The Kier molecular flexibility index (Phi) is 7.31. The molecule has 1 heterocycles. The Morgan fingerprint density at radius 3 is 2.18 bits per heavy atom. The topological polar surface area (TPSA) is 92.8 Å². The van der Waals surface area contributed by atoms with Gasteiger partial charge >= 0.3 is 5.97 Å². The molecule has 34 heavy (non-hydrogen) atoms. The third-order valence-electron chi connectivity index (χ3n) is 6.05. The second kappa shape index (κ2) is 10.1. The van der Waals surface area contributed by atoms with Crippen LogP contribution in [-0.4, -0.2) is 41.1 Å². The number of aryl methyl sites for hydroxylation is 1. The fourth-order valence-corrected chi connectivity index (χ4v) is 5.07. The van der Waals surface area contributed by atoms with E-state index in [1.807, 2.05) is 13.0 Å². The maximum Gasteiger partial charge on any atom is 0.338 e. The highest BCUT2D eigenvalue weighted by Gasteiger charge is 2.52. The van der Waals surface area contributed by atoms with Crippen LogP contribution in [0.2, 0.25) is 0 Å². The van der Waals surface area contributed by atoms with Crippen molar-refractivity contribution >= 4 is 74.2 Å². The number of anilines is 2. The van der Waals surface area contributed by atoms with Crippen molar-refractivity contribution in [2.75, 3.05) is 16.8 Å². The number of alkyl halides is 2. The number of rotatable bonds is 5. The fraction of sp³-hybridized carbons (Fsp3) is 0.333. The molecule has 4 rings (SSSR count). The normalized spacial score (nSPS) is 24.1. The molecule has 1 saturated carbocycles. The van der Waals surface area contributed by atoms with Crippen LogP contribution < -0.4 is 10.2 Å². The number of hydrogen-bond acceptors (Lipinski definition) is 5. The first-order valence-electron chi connectivity index (χ1n) is 10.6. The molecular formula is C24H21BrCl2N2O5. The predicted octanol–water partition coefficient (Wildman–Crippen LogP) is 4.67. The smallest absolute Gasteiger partial charge is 0.338 e. The minimum Gasteiger partial charge on any atom is -0.452 e. The van der Waals surface area contributed by atoms with Gasteiger partial charge in [0.15, 0.2) is 6.61 Å². The number of amides is 3. The molecule has 2 aromatic rings. The molecule has 2 fully saturated rings. The summed E-state index contributed by atoms with van der Waals surface area (Å²) in [5, 5.41) is 1.95. The summed E-state index contributed by atoms with van der Waals surface area (Å²) in [6, 6.07) is 11.2. The summed E-state index contributed by atoms with van der Waals surface area (Å²) in [7, 11) is 0. The Labute approximate surface area is 214 Å². The largest absolute Gasteiger partial charge is 0.452 e. The molecule has 4 atom stereocenters. The van der Waals surface area contributed by atoms with Gasteiger partial charge in [0.2, 0.25) is 11.8 Å². The second-order valence-corrected chi connectivity index (χ2v) is 10.3. The lowest BCUT2D eigenvalue weighted by molar-refractivity contribution is -0.122. The van der Waals surface area contributed by atoms with E-state index in [4.69, 9.17) is 27.9 Å². The first-order valence-corrected chi connectivity index (χ1v) is 12.3. The van der Waals surface area contributed by atoms with Gasteiger partial charge in [-0.2, -0.15) is 0 Å². The molecule has 7 nitrogen and oxygen atoms in total. The van der Waals surface area contributed by atoms with Gasteiger partial charge in [-0.25, -0.2) is 4.79 Å². The number of ether oxygens (including phenoxy) is 1. The van der Waals surface area contributed by atoms with Crippen LogP contribution in [0.4, 0.5) is 11.4 Å². The number of hydrogen-bond donors (Lipinski definition) is 1. The lowest BCUT2D eigenvalue weighted by Gasteiger charge is -2.28. The number of imide groups is 1. The molecule has 1 aliphatic carbocycles. The van der Waals surface area contributed by atoms with E-state index in [1.165, 1.54) is 24.3 Å². The third-order valence-corrected chi connectivity index (χ3v) is 8.03. The van der Waals surface area contributed by atoms with Crippen LogP contribution in [0.3, 0.4) is 0 Å². The second-order valence-electron chi connectivity index (χ2n) is 8.36. The Bertz CT molecular complexity index is 1130. The number of benzene rings is 2. The van der Waals surface area contributed by atoms with Gasteiger partial charge in [0.05, 0.1) is 33.8 Å². The zero-order valence-electron chi connectivity index (χ0n) is 18.1. The van der Waals surface area contributed by atoms with Gasteiger partial charge in [0.25, 0.3) is 5.91 Å². The maximum absolute atomic E-state index is 12.9. The Hall–Kier alpha value is -2.42. The van der Waals surface area contributed by atoms with Gasteiger partial charge in [0, 0.05) is 10.2 Å². The van der Waals surface area contributed by atoms with Crippen molar-refractivity contribution in [3.8, 4) is 0 Å². The molecule has 0 bridgehead atoms. The van der Waals surface area contributed by atoms with Crippen LogP contribution in [0.15, 0.2) is 46.9 Å². The van der Waals surface area contributed by atoms with Gasteiger partial charge in [-0.3, -0.25) is 19.3 Å². The van der Waals surface area contributed by atoms with Crippen LogP contribution in [0, 0.1) is 18.8 Å². The van der Waals surface area contributed by atoms with Crippen LogP contribution in [0.25, 0.3) is 0 Å². The summed E-state index contributed by atoms with van der Waals surface area (Å²) in [6.07, 6.45) is 0.710. The minimum absolute atomic E-state index is 0.189. The fourth-order valence-electron chi connectivity index (χ4n) is 4.23. The molecule has 3 amide bonds. The SMILES string of the molecule is Cc1cc(NC(=O)COC(=O)c2ccc(N3C(=O)[C@@H]4C[C@H](Cl)[C@@H](Cl)C[C@H]4C3=O)cc2)ccc1Br. The molecule has 1 aliphatic heterocycles. The van der Waals surface area contributed by atoms with Crippen LogP contribution >= 0.6 is 39.1 Å². The van der Waals surface area contributed by atoms with Crippen molar-refractivity contribution in [3.63, 3.8) is 0 Å². The third kappa shape index (κ3) is 4.99. The van der Waals surface area contributed by atoms with Gasteiger partial charge in [-0.15, -0.1) is 23.2 Å². The van der Waals surface area contributed by atoms with Crippen LogP contribution in [-0.2, 0) is 19.1 Å².